The summed E-state index contributed by atoms with van der Waals surface area (Å²) in [5.41, 5.74) is 9.36. The van der Waals surface area contributed by atoms with Crippen molar-refractivity contribution in [1.29, 1.82) is 0 Å². The molecule has 0 saturated carbocycles. The lowest BCUT2D eigenvalue weighted by Crippen LogP contribution is -2.30. The fraction of sp³-hybridized carbons (Fsp3) is 0.400. The molecular formula is C15H21N3O. The molecule has 19 heavy (non-hydrogen) atoms. The number of benzene rings is 1. The smallest absolute Gasteiger partial charge is 0.133 e. The van der Waals surface area contributed by atoms with E-state index in [2.05, 4.69) is 48.3 Å². The molecule has 2 N–H and O–H groups in total. The lowest BCUT2D eigenvalue weighted by Gasteiger charge is -2.26. The molecule has 2 aromatic rings. The summed E-state index contributed by atoms with van der Waals surface area (Å²) in [4.78, 5) is 2.20. The van der Waals surface area contributed by atoms with Crippen LogP contribution in [0, 0.1) is 13.8 Å². The van der Waals surface area contributed by atoms with Crippen LogP contribution >= 0.6 is 0 Å². The zero-order chi connectivity index (χ0) is 13.8. The van der Waals surface area contributed by atoms with Gasteiger partial charge in [-0.05, 0) is 26.5 Å². The van der Waals surface area contributed by atoms with E-state index in [1.54, 1.807) is 0 Å². The van der Waals surface area contributed by atoms with Gasteiger partial charge < -0.3 is 10.3 Å². The molecule has 1 unspecified atom stereocenters. The first-order chi connectivity index (χ1) is 9.10. The first-order valence-corrected chi connectivity index (χ1v) is 6.49. The molecule has 0 aliphatic rings. The second-order valence-corrected chi connectivity index (χ2v) is 5.01. The van der Waals surface area contributed by atoms with Crippen LogP contribution in [0.1, 0.15) is 28.6 Å². The third-order valence-corrected chi connectivity index (χ3v) is 3.27. The van der Waals surface area contributed by atoms with Crippen molar-refractivity contribution in [3.8, 4) is 0 Å². The van der Waals surface area contributed by atoms with Crippen molar-refractivity contribution in [3.05, 3.63) is 52.9 Å². The number of nitrogens with zero attached hydrogens (tertiary/aromatic N) is 2. The zero-order valence-electron chi connectivity index (χ0n) is 11.8. The van der Waals surface area contributed by atoms with E-state index in [1.165, 1.54) is 11.1 Å². The molecule has 0 bridgehead atoms. The molecule has 1 aromatic heterocycles. The standard InChI is InChI=1S/C15H21N3O/c1-11-5-4-6-13(7-11)15(9-16)18(3)10-14-8-12(2)19-17-14/h4-8,15H,9-10,16H2,1-3H3. The number of aryl methyl sites for hydroxylation is 2. The van der Waals surface area contributed by atoms with E-state index in [-0.39, 0.29) is 6.04 Å². The molecular weight excluding hydrogens is 238 g/mol. The Morgan fingerprint density at radius 1 is 1.32 bits per heavy atom. The average molecular weight is 259 g/mol. The first-order valence-electron chi connectivity index (χ1n) is 6.49. The minimum Gasteiger partial charge on any atom is -0.361 e. The highest BCUT2D eigenvalue weighted by Gasteiger charge is 2.17. The normalized spacial score (nSPS) is 12.9. The van der Waals surface area contributed by atoms with Gasteiger partial charge in [-0.3, -0.25) is 4.90 Å². The molecule has 0 aliphatic carbocycles. The van der Waals surface area contributed by atoms with E-state index >= 15 is 0 Å². The monoisotopic (exact) mass is 259 g/mol. The van der Waals surface area contributed by atoms with Crippen molar-refractivity contribution in [3.63, 3.8) is 0 Å². The lowest BCUT2D eigenvalue weighted by atomic mass is 10.0. The van der Waals surface area contributed by atoms with Crippen molar-refractivity contribution in [1.82, 2.24) is 10.1 Å². The van der Waals surface area contributed by atoms with Gasteiger partial charge >= 0.3 is 0 Å². The molecule has 0 amide bonds. The summed E-state index contributed by atoms with van der Waals surface area (Å²) in [7, 11) is 2.06. The molecule has 102 valence electrons. The zero-order valence-corrected chi connectivity index (χ0v) is 11.8. The van der Waals surface area contributed by atoms with Crippen LogP contribution in [0.2, 0.25) is 0 Å². The fourth-order valence-electron chi connectivity index (χ4n) is 2.31. The Morgan fingerprint density at radius 3 is 2.68 bits per heavy atom. The van der Waals surface area contributed by atoms with Gasteiger partial charge in [-0.25, -0.2) is 0 Å². The maximum absolute atomic E-state index is 5.93. The van der Waals surface area contributed by atoms with Gasteiger partial charge in [0, 0.05) is 25.2 Å². The van der Waals surface area contributed by atoms with Crippen LogP contribution in [0.4, 0.5) is 0 Å². The number of hydrogen-bond acceptors (Lipinski definition) is 4. The summed E-state index contributed by atoms with van der Waals surface area (Å²) in [5.74, 6) is 0.836. The number of nitrogens with two attached hydrogens (primary N) is 1. The highest BCUT2D eigenvalue weighted by molar-refractivity contribution is 5.25. The van der Waals surface area contributed by atoms with Crippen LogP contribution in [-0.4, -0.2) is 23.6 Å². The Bertz CT molecular complexity index is 536. The minimum atomic E-state index is 0.192. The molecule has 0 fully saturated rings. The van der Waals surface area contributed by atoms with Crippen molar-refractivity contribution in [2.75, 3.05) is 13.6 Å². The second-order valence-electron chi connectivity index (χ2n) is 5.01. The summed E-state index contributed by atoms with van der Waals surface area (Å²) in [6.45, 7) is 5.31. The van der Waals surface area contributed by atoms with Crippen molar-refractivity contribution < 1.29 is 4.52 Å². The maximum Gasteiger partial charge on any atom is 0.133 e. The third-order valence-electron chi connectivity index (χ3n) is 3.27. The third kappa shape index (κ3) is 3.43. The summed E-state index contributed by atoms with van der Waals surface area (Å²) in [6.07, 6.45) is 0. The van der Waals surface area contributed by atoms with E-state index in [0.717, 1.165) is 18.0 Å². The molecule has 2 rings (SSSR count). The predicted octanol–water partition coefficient (Wildman–Crippen LogP) is 2.42. The second kappa shape index (κ2) is 5.99. The van der Waals surface area contributed by atoms with Crippen LogP contribution in [0.25, 0.3) is 0 Å². The maximum atomic E-state index is 5.93. The average Bonchev–Trinajstić information content (AvgIpc) is 2.75. The molecule has 0 spiro atoms. The van der Waals surface area contributed by atoms with Gasteiger partial charge in [-0.1, -0.05) is 35.0 Å². The van der Waals surface area contributed by atoms with Gasteiger partial charge in [0.1, 0.15) is 5.76 Å². The first kappa shape index (κ1) is 13.8. The number of aromatic nitrogens is 1. The van der Waals surface area contributed by atoms with Crippen LogP contribution in [0.3, 0.4) is 0 Å². The van der Waals surface area contributed by atoms with Gasteiger partial charge in [0.15, 0.2) is 0 Å². The van der Waals surface area contributed by atoms with E-state index in [9.17, 15) is 0 Å². The molecule has 1 aromatic carbocycles. The van der Waals surface area contributed by atoms with Gasteiger partial charge in [0.25, 0.3) is 0 Å². The van der Waals surface area contributed by atoms with Crippen LogP contribution in [0.15, 0.2) is 34.9 Å². The van der Waals surface area contributed by atoms with Gasteiger partial charge in [0.05, 0.1) is 5.69 Å². The van der Waals surface area contributed by atoms with E-state index < -0.39 is 0 Å². The Morgan fingerprint density at radius 2 is 2.11 bits per heavy atom. The summed E-state index contributed by atoms with van der Waals surface area (Å²) in [6, 6.07) is 10.6. The molecule has 4 nitrogen and oxygen atoms in total. The van der Waals surface area contributed by atoms with E-state index in [4.69, 9.17) is 10.3 Å². The van der Waals surface area contributed by atoms with Gasteiger partial charge in [0.2, 0.25) is 0 Å². The number of likely N-dealkylation sites (N-methyl/N-ethyl adjacent to an activating group) is 1. The Balaban J connectivity index is 2.12. The SMILES string of the molecule is Cc1cccc(C(CN)N(C)Cc2cc(C)on2)c1. The number of rotatable bonds is 5. The molecule has 4 heteroatoms. The molecule has 0 aliphatic heterocycles. The minimum absolute atomic E-state index is 0.192. The van der Waals surface area contributed by atoms with Crippen LogP contribution in [0.5, 0.6) is 0 Å². The lowest BCUT2D eigenvalue weighted by molar-refractivity contribution is 0.234. The Labute approximate surface area is 114 Å². The van der Waals surface area contributed by atoms with Crippen LogP contribution in [-0.2, 0) is 6.54 Å². The molecule has 1 heterocycles. The quantitative estimate of drug-likeness (QED) is 0.896. The van der Waals surface area contributed by atoms with Crippen molar-refractivity contribution in [2.45, 2.75) is 26.4 Å². The highest BCUT2D eigenvalue weighted by atomic mass is 16.5. The van der Waals surface area contributed by atoms with Crippen LogP contribution < -0.4 is 5.73 Å². The van der Waals surface area contributed by atoms with E-state index in [1.807, 2.05) is 13.0 Å². The molecule has 0 radical (unpaired) electrons. The highest BCUT2D eigenvalue weighted by Crippen LogP contribution is 2.21. The predicted molar refractivity (Wildman–Crippen MR) is 75.7 cm³/mol. The van der Waals surface area contributed by atoms with Crippen molar-refractivity contribution >= 4 is 0 Å². The molecule has 1 atom stereocenters. The number of hydrogen-bond donors (Lipinski definition) is 1. The van der Waals surface area contributed by atoms with Gasteiger partial charge in [-0.2, -0.15) is 0 Å². The summed E-state index contributed by atoms with van der Waals surface area (Å²) >= 11 is 0. The fourth-order valence-corrected chi connectivity index (χ4v) is 2.31. The largest absolute Gasteiger partial charge is 0.361 e. The van der Waals surface area contributed by atoms with Gasteiger partial charge in [-0.15, -0.1) is 0 Å². The Hall–Kier alpha value is -1.65. The summed E-state index contributed by atoms with van der Waals surface area (Å²) in [5, 5.41) is 4.03. The topological polar surface area (TPSA) is 55.3 Å². The summed E-state index contributed by atoms with van der Waals surface area (Å²) < 4.78 is 5.10. The Kier molecular flexibility index (Phi) is 4.35. The molecule has 0 saturated heterocycles. The van der Waals surface area contributed by atoms with Crippen molar-refractivity contribution in [2.24, 2.45) is 5.73 Å². The van der Waals surface area contributed by atoms with E-state index in [0.29, 0.717) is 6.54 Å².